The number of aliphatic imine (C=N–C) groups is 1. The van der Waals surface area contributed by atoms with Gasteiger partial charge >= 0.3 is 0 Å². The van der Waals surface area contributed by atoms with E-state index in [9.17, 15) is 5.11 Å². The molecule has 0 saturated carbocycles. The summed E-state index contributed by atoms with van der Waals surface area (Å²) in [5.41, 5.74) is 1.99. The van der Waals surface area contributed by atoms with Crippen LogP contribution in [0, 0.1) is 0 Å². The molecule has 2 atom stereocenters. The van der Waals surface area contributed by atoms with Crippen LogP contribution in [-0.4, -0.2) is 54.9 Å². The summed E-state index contributed by atoms with van der Waals surface area (Å²) in [6.45, 7) is 8.56. The molecule has 0 bridgehead atoms. The first-order valence-corrected chi connectivity index (χ1v) is 10.7. The summed E-state index contributed by atoms with van der Waals surface area (Å²) in [6.07, 6.45) is 2.25. The molecule has 170 valence electrons. The quantitative estimate of drug-likeness (QED) is 0.272. The Balaban J connectivity index is 0.00000341. The average Bonchev–Trinajstić information content (AvgIpc) is 2.78. The molecule has 0 spiro atoms. The van der Waals surface area contributed by atoms with Crippen molar-refractivity contribution >= 4 is 35.8 Å². The summed E-state index contributed by atoms with van der Waals surface area (Å²) in [6, 6.07) is 13.9. The molecule has 2 heterocycles. The molecule has 0 aliphatic carbocycles. The van der Waals surface area contributed by atoms with Crippen molar-refractivity contribution in [3.8, 4) is 0 Å². The summed E-state index contributed by atoms with van der Waals surface area (Å²) in [4.78, 5) is 11.5. The Morgan fingerprint density at radius 2 is 2.06 bits per heavy atom. The van der Waals surface area contributed by atoms with Crippen LogP contribution < -0.4 is 15.5 Å². The standard InChI is InChI=1S/C23H33N5O2.HI/c1-3-24-23(25-12-11-21(29)20-7-5-4-6-8-20)27-16-19-9-10-22(26-15-19)28-13-14-30-18(2)17-28;/h4-10,15,18,21,29H,3,11-14,16-17H2,1-2H3,(H2,24,25,27);1H. The maximum Gasteiger partial charge on any atom is 0.191 e. The molecule has 1 saturated heterocycles. The van der Waals surface area contributed by atoms with Gasteiger partial charge in [-0.2, -0.15) is 0 Å². The number of aromatic nitrogens is 1. The van der Waals surface area contributed by atoms with E-state index < -0.39 is 6.10 Å². The first-order valence-electron chi connectivity index (χ1n) is 10.7. The van der Waals surface area contributed by atoms with Gasteiger partial charge in [-0.1, -0.05) is 36.4 Å². The van der Waals surface area contributed by atoms with Crippen molar-refractivity contribution in [2.75, 3.05) is 37.7 Å². The van der Waals surface area contributed by atoms with Gasteiger partial charge in [0.2, 0.25) is 0 Å². The maximum absolute atomic E-state index is 10.3. The maximum atomic E-state index is 10.3. The van der Waals surface area contributed by atoms with E-state index in [1.807, 2.05) is 43.5 Å². The molecular weight excluding hydrogens is 505 g/mol. The van der Waals surface area contributed by atoms with Crippen LogP contribution >= 0.6 is 24.0 Å². The molecule has 1 aromatic carbocycles. The van der Waals surface area contributed by atoms with Gasteiger partial charge in [-0.25, -0.2) is 9.98 Å². The van der Waals surface area contributed by atoms with E-state index in [1.165, 1.54) is 0 Å². The molecule has 0 amide bonds. The number of nitrogens with one attached hydrogen (secondary N) is 2. The minimum Gasteiger partial charge on any atom is -0.388 e. The van der Waals surface area contributed by atoms with Crippen LogP contribution in [0.2, 0.25) is 0 Å². The molecule has 31 heavy (non-hydrogen) atoms. The molecule has 8 heteroatoms. The molecule has 0 radical (unpaired) electrons. The van der Waals surface area contributed by atoms with Crippen LogP contribution in [0.15, 0.2) is 53.7 Å². The smallest absolute Gasteiger partial charge is 0.191 e. The van der Waals surface area contributed by atoms with E-state index >= 15 is 0 Å². The summed E-state index contributed by atoms with van der Waals surface area (Å²) in [7, 11) is 0. The van der Waals surface area contributed by atoms with Gasteiger partial charge in [0.1, 0.15) is 5.82 Å². The fourth-order valence-electron chi connectivity index (χ4n) is 3.41. The van der Waals surface area contributed by atoms with E-state index in [-0.39, 0.29) is 30.1 Å². The van der Waals surface area contributed by atoms with E-state index in [4.69, 9.17) is 4.74 Å². The van der Waals surface area contributed by atoms with Gasteiger partial charge in [0, 0.05) is 32.4 Å². The summed E-state index contributed by atoms with van der Waals surface area (Å²) >= 11 is 0. The highest BCUT2D eigenvalue weighted by atomic mass is 127. The highest BCUT2D eigenvalue weighted by Crippen LogP contribution is 2.16. The second kappa shape index (κ2) is 13.5. The number of anilines is 1. The molecule has 1 aliphatic rings. The number of morpholine rings is 1. The molecule has 3 rings (SSSR count). The highest BCUT2D eigenvalue weighted by Gasteiger charge is 2.17. The van der Waals surface area contributed by atoms with Gasteiger partial charge in [0.05, 0.1) is 25.4 Å². The van der Waals surface area contributed by atoms with Crippen molar-refractivity contribution in [2.24, 2.45) is 4.99 Å². The molecule has 1 fully saturated rings. The van der Waals surface area contributed by atoms with Crippen molar-refractivity contribution in [1.82, 2.24) is 15.6 Å². The summed E-state index contributed by atoms with van der Waals surface area (Å²) < 4.78 is 5.60. The zero-order chi connectivity index (χ0) is 21.2. The molecule has 1 aromatic heterocycles. The van der Waals surface area contributed by atoms with Gasteiger partial charge in [-0.05, 0) is 37.5 Å². The van der Waals surface area contributed by atoms with Gasteiger partial charge in [-0.15, -0.1) is 24.0 Å². The number of ether oxygens (including phenoxy) is 1. The van der Waals surface area contributed by atoms with Crippen LogP contribution in [0.1, 0.15) is 37.5 Å². The topological polar surface area (TPSA) is 82.0 Å². The SMILES string of the molecule is CCNC(=NCc1ccc(N2CCOC(C)C2)nc1)NCCC(O)c1ccccc1.I. The minimum atomic E-state index is -0.485. The molecule has 7 nitrogen and oxygen atoms in total. The van der Waals surface area contributed by atoms with Crippen LogP contribution in [0.25, 0.3) is 0 Å². The predicted octanol–water partition coefficient (Wildman–Crippen LogP) is 3.10. The second-order valence-electron chi connectivity index (χ2n) is 7.49. The molecule has 2 unspecified atom stereocenters. The zero-order valence-electron chi connectivity index (χ0n) is 18.3. The lowest BCUT2D eigenvalue weighted by atomic mass is 10.1. The third-order valence-corrected chi connectivity index (χ3v) is 5.03. The van der Waals surface area contributed by atoms with E-state index in [0.717, 1.165) is 49.1 Å². The second-order valence-corrected chi connectivity index (χ2v) is 7.49. The Kier molecular flexibility index (Phi) is 11.0. The van der Waals surface area contributed by atoms with Crippen LogP contribution in [0.3, 0.4) is 0 Å². The number of aliphatic hydroxyl groups excluding tert-OH is 1. The molecule has 3 N–H and O–H groups in total. The Morgan fingerprint density at radius 1 is 1.26 bits per heavy atom. The largest absolute Gasteiger partial charge is 0.388 e. The lowest BCUT2D eigenvalue weighted by Gasteiger charge is -2.32. The molecule has 1 aliphatic heterocycles. The number of guanidine groups is 1. The molecule has 2 aromatic rings. The number of benzene rings is 1. The normalized spacial score (nSPS) is 17.6. The lowest BCUT2D eigenvalue weighted by Crippen LogP contribution is -2.41. The summed E-state index contributed by atoms with van der Waals surface area (Å²) in [5, 5.41) is 16.8. The number of hydrogen-bond acceptors (Lipinski definition) is 5. The number of halogens is 1. The van der Waals surface area contributed by atoms with Crippen LogP contribution in [0.4, 0.5) is 5.82 Å². The fourth-order valence-corrected chi connectivity index (χ4v) is 3.41. The zero-order valence-corrected chi connectivity index (χ0v) is 20.7. The van der Waals surface area contributed by atoms with Crippen molar-refractivity contribution < 1.29 is 9.84 Å². The average molecular weight is 539 g/mol. The number of rotatable bonds is 8. The third kappa shape index (κ3) is 8.27. The number of nitrogens with zero attached hydrogens (tertiary/aromatic N) is 3. The number of pyridine rings is 1. The first-order chi connectivity index (χ1) is 14.7. The van der Waals surface area contributed by atoms with E-state index in [1.54, 1.807) is 0 Å². The van der Waals surface area contributed by atoms with Gasteiger partial charge < -0.3 is 25.4 Å². The van der Waals surface area contributed by atoms with Crippen molar-refractivity contribution in [3.05, 3.63) is 59.8 Å². The van der Waals surface area contributed by atoms with Crippen molar-refractivity contribution in [2.45, 2.75) is 39.0 Å². The van der Waals surface area contributed by atoms with Gasteiger partial charge in [0.25, 0.3) is 0 Å². The van der Waals surface area contributed by atoms with Crippen molar-refractivity contribution in [3.63, 3.8) is 0 Å². The Hall–Kier alpha value is -1.91. The predicted molar refractivity (Wildman–Crippen MR) is 136 cm³/mol. The Morgan fingerprint density at radius 3 is 2.74 bits per heavy atom. The lowest BCUT2D eigenvalue weighted by molar-refractivity contribution is 0.0529. The van der Waals surface area contributed by atoms with Gasteiger partial charge in [0.15, 0.2) is 5.96 Å². The number of aliphatic hydroxyl groups is 1. The third-order valence-electron chi connectivity index (χ3n) is 5.03. The first kappa shape index (κ1) is 25.4. The highest BCUT2D eigenvalue weighted by molar-refractivity contribution is 14.0. The monoisotopic (exact) mass is 539 g/mol. The Bertz CT molecular complexity index is 788. The number of hydrogen-bond donors (Lipinski definition) is 3. The van der Waals surface area contributed by atoms with Crippen molar-refractivity contribution in [1.29, 1.82) is 0 Å². The molecular formula is C23H34IN5O2. The van der Waals surface area contributed by atoms with E-state index in [0.29, 0.717) is 19.5 Å². The van der Waals surface area contributed by atoms with E-state index in [2.05, 4.69) is 44.6 Å². The van der Waals surface area contributed by atoms with Gasteiger partial charge in [-0.3, -0.25) is 0 Å². The van der Waals surface area contributed by atoms with Crippen LogP contribution in [0.5, 0.6) is 0 Å². The Labute approximate surface area is 202 Å². The minimum absolute atomic E-state index is 0. The fraction of sp³-hybridized carbons (Fsp3) is 0.478. The summed E-state index contributed by atoms with van der Waals surface area (Å²) in [5.74, 6) is 1.72. The van der Waals surface area contributed by atoms with Crippen LogP contribution in [-0.2, 0) is 11.3 Å².